The molecule has 0 bridgehead atoms. The number of benzene rings is 2. The summed E-state index contributed by atoms with van der Waals surface area (Å²) in [4.78, 5) is 23.0. The first-order valence-electron chi connectivity index (χ1n) is 9.91. The van der Waals surface area contributed by atoms with Crippen LogP contribution in [0.1, 0.15) is 17.3 Å². The summed E-state index contributed by atoms with van der Waals surface area (Å²) in [6, 6.07) is 13.7. The van der Waals surface area contributed by atoms with Gasteiger partial charge in [-0.3, -0.25) is 9.20 Å². The number of piperazine rings is 1. The minimum absolute atomic E-state index is 0.122. The topological polar surface area (TPSA) is 66.9 Å². The molecule has 4 aromatic rings. The first-order chi connectivity index (χ1) is 14.1. The van der Waals surface area contributed by atoms with Gasteiger partial charge in [-0.15, -0.1) is 0 Å². The summed E-state index contributed by atoms with van der Waals surface area (Å²) in [6.45, 7) is 6.70. The average Bonchev–Trinajstić information content (AvgIpc) is 3.31. The molecule has 1 aliphatic heterocycles. The Hall–Kier alpha value is -2.90. The lowest BCUT2D eigenvalue weighted by Crippen LogP contribution is -2.48. The lowest BCUT2D eigenvalue weighted by Gasteiger charge is -2.34. The number of aromatic nitrogens is 2. The first-order valence-corrected chi connectivity index (χ1v) is 10.7. The zero-order valence-electron chi connectivity index (χ0n) is 16.3. The zero-order chi connectivity index (χ0) is 20.0. The van der Waals surface area contributed by atoms with Crippen molar-refractivity contribution in [2.45, 2.75) is 6.92 Å². The number of anilines is 1. The van der Waals surface area contributed by atoms with E-state index in [4.69, 9.17) is 10.7 Å². The van der Waals surface area contributed by atoms with Crippen LogP contribution < -0.4 is 5.73 Å². The number of nitrogens with zero attached hydrogens (tertiary/aromatic N) is 4. The van der Waals surface area contributed by atoms with E-state index >= 15 is 0 Å². The van der Waals surface area contributed by atoms with Crippen molar-refractivity contribution >= 4 is 38.1 Å². The normalized spacial score (nSPS) is 15.4. The Labute approximate surface area is 173 Å². The molecule has 0 atom stereocenters. The summed E-state index contributed by atoms with van der Waals surface area (Å²) in [5.74, 6) is 0.122. The molecule has 5 rings (SSSR count). The lowest BCUT2D eigenvalue weighted by molar-refractivity contribution is 0.0643. The molecule has 6 nitrogen and oxygen atoms in total. The van der Waals surface area contributed by atoms with Gasteiger partial charge in [0.15, 0.2) is 4.96 Å². The molecule has 0 spiro atoms. The summed E-state index contributed by atoms with van der Waals surface area (Å²) in [7, 11) is 0. The number of nitrogens with two attached hydrogens (primary N) is 1. The quantitative estimate of drug-likeness (QED) is 0.529. The monoisotopic (exact) mass is 405 g/mol. The van der Waals surface area contributed by atoms with Gasteiger partial charge in [0.05, 0.1) is 15.9 Å². The minimum atomic E-state index is 0.122. The van der Waals surface area contributed by atoms with E-state index in [2.05, 4.69) is 16.2 Å². The van der Waals surface area contributed by atoms with Crippen LogP contribution in [-0.4, -0.2) is 57.8 Å². The highest BCUT2D eigenvalue weighted by Gasteiger charge is 2.22. The molecule has 1 aliphatic rings. The van der Waals surface area contributed by atoms with Gasteiger partial charge >= 0.3 is 0 Å². The van der Waals surface area contributed by atoms with Crippen LogP contribution in [0.3, 0.4) is 0 Å². The van der Waals surface area contributed by atoms with Crippen LogP contribution in [0.2, 0.25) is 0 Å². The van der Waals surface area contributed by atoms with Crippen LogP contribution in [0.5, 0.6) is 0 Å². The van der Waals surface area contributed by atoms with Gasteiger partial charge in [-0.2, -0.15) is 0 Å². The third kappa shape index (κ3) is 3.26. The van der Waals surface area contributed by atoms with E-state index in [1.807, 2.05) is 53.6 Å². The fraction of sp³-hybridized carbons (Fsp3) is 0.273. The predicted octanol–water partition coefficient (Wildman–Crippen LogP) is 3.58. The van der Waals surface area contributed by atoms with E-state index in [-0.39, 0.29) is 5.91 Å². The SMILES string of the molecule is CCN1CCN(C(=O)c2ccc3c(c2)sc2nc(-c4ccc(N)cc4)cn23)CC1. The molecule has 3 heterocycles. The van der Waals surface area contributed by atoms with Gasteiger partial charge in [-0.05, 0) is 36.9 Å². The summed E-state index contributed by atoms with van der Waals surface area (Å²) >= 11 is 1.61. The number of fused-ring (bicyclic) bond motifs is 3. The molecule has 0 radical (unpaired) electrons. The minimum Gasteiger partial charge on any atom is -0.399 e. The summed E-state index contributed by atoms with van der Waals surface area (Å²) < 4.78 is 3.18. The zero-order valence-corrected chi connectivity index (χ0v) is 17.2. The lowest BCUT2D eigenvalue weighted by atomic mass is 10.1. The van der Waals surface area contributed by atoms with Gasteiger partial charge in [0.1, 0.15) is 0 Å². The number of nitrogen functional groups attached to an aromatic ring is 1. The van der Waals surface area contributed by atoms with E-state index in [9.17, 15) is 4.79 Å². The number of rotatable bonds is 3. The third-order valence-corrected chi connectivity index (χ3v) is 6.67. The molecule has 1 amide bonds. The summed E-state index contributed by atoms with van der Waals surface area (Å²) in [5, 5.41) is 0. The maximum Gasteiger partial charge on any atom is 0.253 e. The Morgan fingerprint density at radius 1 is 1.10 bits per heavy atom. The maximum atomic E-state index is 12.9. The Morgan fingerprint density at radius 3 is 2.59 bits per heavy atom. The molecule has 148 valence electrons. The van der Waals surface area contributed by atoms with Crippen LogP contribution in [0.25, 0.3) is 26.4 Å². The average molecular weight is 406 g/mol. The number of carbonyl (C=O) groups excluding carboxylic acids is 1. The molecule has 0 unspecified atom stereocenters. The molecule has 2 N–H and O–H groups in total. The smallest absolute Gasteiger partial charge is 0.253 e. The van der Waals surface area contributed by atoms with Crippen LogP contribution >= 0.6 is 11.3 Å². The molecule has 7 heteroatoms. The number of likely N-dealkylation sites (N-methyl/N-ethyl adjacent to an activating group) is 1. The third-order valence-electron chi connectivity index (χ3n) is 5.65. The number of hydrogen-bond donors (Lipinski definition) is 1. The summed E-state index contributed by atoms with van der Waals surface area (Å²) in [6.07, 6.45) is 2.05. The highest BCUT2D eigenvalue weighted by Crippen LogP contribution is 2.30. The van der Waals surface area contributed by atoms with E-state index in [0.29, 0.717) is 0 Å². The molecule has 1 fully saturated rings. The molecule has 1 saturated heterocycles. The van der Waals surface area contributed by atoms with Gasteiger partial charge in [0, 0.05) is 49.2 Å². The van der Waals surface area contributed by atoms with Gasteiger partial charge in [0.2, 0.25) is 0 Å². The number of imidazole rings is 1. The Bertz CT molecular complexity index is 1190. The van der Waals surface area contributed by atoms with E-state index in [1.54, 1.807) is 11.3 Å². The maximum absolute atomic E-state index is 12.9. The Balaban J connectivity index is 1.43. The second-order valence-electron chi connectivity index (χ2n) is 7.41. The van der Waals surface area contributed by atoms with Crippen LogP contribution in [0.4, 0.5) is 5.69 Å². The van der Waals surface area contributed by atoms with Crippen molar-refractivity contribution in [2.24, 2.45) is 0 Å². The molecular formula is C22H23N5OS. The standard InChI is InChI=1S/C22H23N5OS/c1-2-25-9-11-26(12-10-25)21(28)16-5-8-19-20(13-16)29-22-24-18(14-27(19)22)15-3-6-17(23)7-4-15/h3-8,13-14H,2,9-12,23H2,1H3. The van der Waals surface area contributed by atoms with Gasteiger partial charge in [-0.1, -0.05) is 30.4 Å². The number of thiazole rings is 1. The molecule has 2 aromatic heterocycles. The molecule has 0 saturated carbocycles. The van der Waals surface area contributed by atoms with Crippen molar-refractivity contribution in [3.63, 3.8) is 0 Å². The second-order valence-corrected chi connectivity index (χ2v) is 8.42. The van der Waals surface area contributed by atoms with Crippen LogP contribution in [-0.2, 0) is 0 Å². The highest BCUT2D eigenvalue weighted by molar-refractivity contribution is 7.23. The Morgan fingerprint density at radius 2 is 1.86 bits per heavy atom. The highest BCUT2D eigenvalue weighted by atomic mass is 32.1. The predicted molar refractivity (Wildman–Crippen MR) is 118 cm³/mol. The van der Waals surface area contributed by atoms with Crippen molar-refractivity contribution in [2.75, 3.05) is 38.5 Å². The van der Waals surface area contributed by atoms with Crippen molar-refractivity contribution in [1.82, 2.24) is 19.2 Å². The fourth-order valence-corrected chi connectivity index (χ4v) is 4.92. The summed E-state index contributed by atoms with van der Waals surface area (Å²) in [5.41, 5.74) is 10.3. The van der Waals surface area contributed by atoms with E-state index in [0.717, 1.165) is 70.4 Å². The molecule has 29 heavy (non-hydrogen) atoms. The molecule has 2 aromatic carbocycles. The van der Waals surface area contributed by atoms with Gasteiger partial charge in [-0.25, -0.2) is 4.98 Å². The largest absolute Gasteiger partial charge is 0.399 e. The van der Waals surface area contributed by atoms with Crippen LogP contribution in [0.15, 0.2) is 48.7 Å². The van der Waals surface area contributed by atoms with Crippen molar-refractivity contribution in [3.8, 4) is 11.3 Å². The van der Waals surface area contributed by atoms with Gasteiger partial charge in [0.25, 0.3) is 5.91 Å². The number of carbonyl (C=O) groups is 1. The second kappa shape index (κ2) is 7.17. The number of amides is 1. The molecule has 0 aliphatic carbocycles. The van der Waals surface area contributed by atoms with Crippen molar-refractivity contribution in [3.05, 3.63) is 54.2 Å². The van der Waals surface area contributed by atoms with Crippen LogP contribution in [0, 0.1) is 0 Å². The van der Waals surface area contributed by atoms with Gasteiger partial charge < -0.3 is 15.5 Å². The van der Waals surface area contributed by atoms with Crippen molar-refractivity contribution < 1.29 is 4.79 Å². The number of hydrogen-bond acceptors (Lipinski definition) is 5. The first kappa shape index (κ1) is 18.1. The van der Waals surface area contributed by atoms with E-state index < -0.39 is 0 Å². The fourth-order valence-electron chi connectivity index (χ4n) is 3.88. The van der Waals surface area contributed by atoms with E-state index in [1.165, 1.54) is 0 Å². The Kier molecular flexibility index (Phi) is 4.49. The molecular weight excluding hydrogens is 382 g/mol. The van der Waals surface area contributed by atoms with Crippen molar-refractivity contribution in [1.29, 1.82) is 0 Å².